The molecule has 0 atom stereocenters. The van der Waals surface area contributed by atoms with Gasteiger partial charge in [0, 0.05) is 16.4 Å². The van der Waals surface area contributed by atoms with Gasteiger partial charge >= 0.3 is 6.03 Å². The number of nitrogens with zero attached hydrogens (tertiary/aromatic N) is 2. The smallest absolute Gasteiger partial charge is 0.319 e. The molecule has 140 valence electrons. The Kier molecular flexibility index (Phi) is 5.98. The van der Waals surface area contributed by atoms with Gasteiger partial charge < -0.3 is 15.4 Å². The Morgan fingerprint density at radius 1 is 1.15 bits per heavy atom. The molecule has 3 rings (SSSR count). The van der Waals surface area contributed by atoms with Gasteiger partial charge in [0.1, 0.15) is 12.4 Å². The third-order valence-corrected chi connectivity index (χ3v) is 4.08. The summed E-state index contributed by atoms with van der Waals surface area (Å²) in [7, 11) is 0. The first-order valence-corrected chi connectivity index (χ1v) is 8.96. The first-order valence-electron chi connectivity index (χ1n) is 8.58. The van der Waals surface area contributed by atoms with Crippen LogP contribution in [-0.2, 0) is 0 Å². The Morgan fingerprint density at radius 3 is 2.63 bits per heavy atom. The average Bonchev–Trinajstić information content (AvgIpc) is 2.99. The summed E-state index contributed by atoms with van der Waals surface area (Å²) >= 11 is 5.83. The van der Waals surface area contributed by atoms with Crippen molar-refractivity contribution in [3.05, 3.63) is 71.0 Å². The van der Waals surface area contributed by atoms with Gasteiger partial charge in [0.2, 0.25) is 0 Å². The topological polar surface area (TPSA) is 68.2 Å². The van der Waals surface area contributed by atoms with Crippen molar-refractivity contribution in [1.29, 1.82) is 0 Å². The molecule has 0 saturated heterocycles. The maximum atomic E-state index is 12.1. The molecule has 2 N–H and O–H groups in total. The van der Waals surface area contributed by atoms with Crippen molar-refractivity contribution in [2.75, 3.05) is 18.5 Å². The lowest BCUT2D eigenvalue weighted by molar-refractivity contribution is 0.247. The largest absolute Gasteiger partial charge is 0.492 e. The van der Waals surface area contributed by atoms with E-state index in [0.29, 0.717) is 29.6 Å². The molecule has 7 heteroatoms. The van der Waals surface area contributed by atoms with Crippen LogP contribution in [0.2, 0.25) is 5.02 Å². The normalized spacial score (nSPS) is 10.5. The number of aryl methyl sites for hydroxylation is 2. The highest BCUT2D eigenvalue weighted by atomic mass is 35.5. The molecule has 0 spiro atoms. The lowest BCUT2D eigenvalue weighted by atomic mass is 10.2. The number of hydrogen-bond acceptors (Lipinski definition) is 3. The summed E-state index contributed by atoms with van der Waals surface area (Å²) in [5, 5.41) is 10.7. The number of amides is 2. The number of ether oxygens (including phenoxy) is 1. The average molecular weight is 385 g/mol. The molecular weight excluding hydrogens is 364 g/mol. The molecule has 0 unspecified atom stereocenters. The van der Waals surface area contributed by atoms with Crippen molar-refractivity contribution >= 4 is 23.3 Å². The quantitative estimate of drug-likeness (QED) is 0.621. The number of nitrogens with one attached hydrogen (secondary N) is 2. The van der Waals surface area contributed by atoms with E-state index in [9.17, 15) is 4.79 Å². The van der Waals surface area contributed by atoms with Crippen LogP contribution in [0.4, 0.5) is 10.5 Å². The predicted octanol–water partition coefficient (Wildman–Crippen LogP) is 4.34. The minimum Gasteiger partial charge on any atom is -0.492 e. The first kappa shape index (κ1) is 18.8. The molecule has 0 bridgehead atoms. The number of urea groups is 1. The van der Waals surface area contributed by atoms with Gasteiger partial charge in [-0.25, -0.2) is 9.48 Å². The van der Waals surface area contributed by atoms with Gasteiger partial charge in [-0.3, -0.25) is 0 Å². The van der Waals surface area contributed by atoms with Crippen molar-refractivity contribution in [2.45, 2.75) is 13.8 Å². The zero-order valence-electron chi connectivity index (χ0n) is 15.2. The summed E-state index contributed by atoms with van der Waals surface area (Å²) in [4.78, 5) is 12.1. The van der Waals surface area contributed by atoms with Crippen LogP contribution < -0.4 is 15.4 Å². The maximum absolute atomic E-state index is 12.1. The number of rotatable bonds is 6. The second-order valence-corrected chi connectivity index (χ2v) is 6.51. The maximum Gasteiger partial charge on any atom is 0.319 e. The standard InChI is InChI=1S/C20H21ClN4O2/c1-14-12-15(2)25(24-14)18-5-3-4-17(13-18)23-20(26)22-10-11-27-19-8-6-16(21)7-9-19/h3-9,12-13H,10-11H2,1-2H3,(H2,22,23,26). The summed E-state index contributed by atoms with van der Waals surface area (Å²) in [5.74, 6) is 0.708. The van der Waals surface area contributed by atoms with Gasteiger partial charge in [0.05, 0.1) is 17.9 Å². The fraction of sp³-hybridized carbons (Fsp3) is 0.200. The van der Waals surface area contributed by atoms with E-state index < -0.39 is 0 Å². The summed E-state index contributed by atoms with van der Waals surface area (Å²) in [5.41, 5.74) is 3.57. The molecular formula is C20H21ClN4O2. The highest BCUT2D eigenvalue weighted by Crippen LogP contribution is 2.17. The Hall–Kier alpha value is -2.99. The van der Waals surface area contributed by atoms with Crippen molar-refractivity contribution < 1.29 is 9.53 Å². The van der Waals surface area contributed by atoms with Crippen LogP contribution in [0.3, 0.4) is 0 Å². The van der Waals surface area contributed by atoms with E-state index in [4.69, 9.17) is 16.3 Å². The van der Waals surface area contributed by atoms with E-state index >= 15 is 0 Å². The fourth-order valence-corrected chi connectivity index (χ4v) is 2.77. The van der Waals surface area contributed by atoms with Crippen LogP contribution >= 0.6 is 11.6 Å². The van der Waals surface area contributed by atoms with E-state index in [1.54, 1.807) is 24.3 Å². The molecule has 6 nitrogen and oxygen atoms in total. The molecule has 1 aromatic heterocycles. The van der Waals surface area contributed by atoms with Gasteiger partial charge in [-0.05, 0) is 62.4 Å². The SMILES string of the molecule is Cc1cc(C)n(-c2cccc(NC(=O)NCCOc3ccc(Cl)cc3)c2)n1. The fourth-order valence-electron chi connectivity index (χ4n) is 2.65. The molecule has 1 heterocycles. The number of aromatic nitrogens is 2. The zero-order chi connectivity index (χ0) is 19.2. The van der Waals surface area contributed by atoms with E-state index in [1.165, 1.54) is 0 Å². The number of halogens is 1. The van der Waals surface area contributed by atoms with Crippen molar-refractivity contribution in [1.82, 2.24) is 15.1 Å². The Morgan fingerprint density at radius 2 is 1.93 bits per heavy atom. The van der Waals surface area contributed by atoms with E-state index in [0.717, 1.165) is 17.1 Å². The number of carbonyl (C=O) groups excluding carboxylic acids is 1. The third-order valence-electron chi connectivity index (χ3n) is 3.83. The predicted molar refractivity (Wildman–Crippen MR) is 107 cm³/mol. The van der Waals surface area contributed by atoms with Crippen molar-refractivity contribution in [3.63, 3.8) is 0 Å². The van der Waals surface area contributed by atoms with Crippen LogP contribution in [0.1, 0.15) is 11.4 Å². The Bertz CT molecular complexity index is 922. The highest BCUT2D eigenvalue weighted by Gasteiger charge is 2.06. The molecule has 0 radical (unpaired) electrons. The zero-order valence-corrected chi connectivity index (χ0v) is 16.0. The first-order chi connectivity index (χ1) is 13.0. The lowest BCUT2D eigenvalue weighted by Crippen LogP contribution is -2.32. The minimum absolute atomic E-state index is 0.291. The third kappa shape index (κ3) is 5.24. The monoisotopic (exact) mass is 384 g/mol. The molecule has 27 heavy (non-hydrogen) atoms. The summed E-state index contributed by atoms with van der Waals surface area (Å²) in [6.45, 7) is 4.69. The highest BCUT2D eigenvalue weighted by molar-refractivity contribution is 6.30. The molecule has 3 aromatic rings. The van der Waals surface area contributed by atoms with E-state index in [-0.39, 0.29) is 6.03 Å². The minimum atomic E-state index is -0.291. The van der Waals surface area contributed by atoms with Crippen molar-refractivity contribution in [2.24, 2.45) is 0 Å². The van der Waals surface area contributed by atoms with Crippen molar-refractivity contribution in [3.8, 4) is 11.4 Å². The summed E-state index contributed by atoms with van der Waals surface area (Å²) in [6.07, 6.45) is 0. The molecule has 0 aliphatic rings. The Balaban J connectivity index is 1.50. The van der Waals surface area contributed by atoms with Gasteiger partial charge in [-0.15, -0.1) is 0 Å². The van der Waals surface area contributed by atoms with Crippen LogP contribution in [0.15, 0.2) is 54.6 Å². The van der Waals surface area contributed by atoms with Gasteiger partial charge in [-0.2, -0.15) is 5.10 Å². The van der Waals surface area contributed by atoms with Gasteiger partial charge in [0.25, 0.3) is 0 Å². The molecule has 2 amide bonds. The van der Waals surface area contributed by atoms with Crippen LogP contribution in [0, 0.1) is 13.8 Å². The van der Waals surface area contributed by atoms with E-state index in [2.05, 4.69) is 15.7 Å². The molecule has 0 saturated carbocycles. The molecule has 0 fully saturated rings. The van der Waals surface area contributed by atoms with Crippen LogP contribution in [-0.4, -0.2) is 29.0 Å². The summed E-state index contributed by atoms with van der Waals surface area (Å²) in [6, 6.07) is 16.3. The van der Waals surface area contributed by atoms with Gasteiger partial charge in [-0.1, -0.05) is 17.7 Å². The van der Waals surface area contributed by atoms with E-state index in [1.807, 2.05) is 48.9 Å². The van der Waals surface area contributed by atoms with Crippen LogP contribution in [0.5, 0.6) is 5.75 Å². The molecule has 0 aliphatic carbocycles. The second-order valence-electron chi connectivity index (χ2n) is 6.07. The number of benzene rings is 2. The van der Waals surface area contributed by atoms with Gasteiger partial charge in [0.15, 0.2) is 0 Å². The number of carbonyl (C=O) groups is 1. The number of anilines is 1. The summed E-state index contributed by atoms with van der Waals surface area (Å²) < 4.78 is 7.39. The molecule has 0 aliphatic heterocycles. The Labute approximate surface area is 163 Å². The van der Waals surface area contributed by atoms with Crippen LogP contribution in [0.25, 0.3) is 5.69 Å². The molecule has 2 aromatic carbocycles. The number of hydrogen-bond donors (Lipinski definition) is 2. The lowest BCUT2D eigenvalue weighted by Gasteiger charge is -2.11. The second kappa shape index (κ2) is 8.60.